The van der Waals surface area contributed by atoms with Crippen molar-refractivity contribution in [3.63, 3.8) is 0 Å². The van der Waals surface area contributed by atoms with E-state index in [4.69, 9.17) is 0 Å². The molecule has 1 aliphatic heterocycles. The molecule has 1 atom stereocenters. The summed E-state index contributed by atoms with van der Waals surface area (Å²) in [4.78, 5) is 30.4. The third-order valence-corrected chi connectivity index (χ3v) is 4.47. The van der Waals surface area contributed by atoms with Gasteiger partial charge in [-0.2, -0.15) is 0 Å². The Labute approximate surface area is 184 Å². The van der Waals surface area contributed by atoms with E-state index in [-0.39, 0.29) is 41.8 Å². The fraction of sp³-hybridized carbons (Fsp3) is 0.550. The van der Waals surface area contributed by atoms with Gasteiger partial charge in [0.15, 0.2) is 5.96 Å². The summed E-state index contributed by atoms with van der Waals surface area (Å²) in [5.74, 6) is 0.861. The van der Waals surface area contributed by atoms with Crippen LogP contribution in [0.25, 0.3) is 0 Å². The van der Waals surface area contributed by atoms with Crippen LogP contribution in [0.4, 0.5) is 0 Å². The molecule has 28 heavy (non-hydrogen) atoms. The lowest BCUT2D eigenvalue weighted by atomic mass is 10.1. The highest BCUT2D eigenvalue weighted by Crippen LogP contribution is 2.11. The van der Waals surface area contributed by atoms with E-state index in [0.717, 1.165) is 31.0 Å². The van der Waals surface area contributed by atoms with Crippen molar-refractivity contribution in [1.82, 2.24) is 20.9 Å². The van der Waals surface area contributed by atoms with Crippen molar-refractivity contribution in [1.29, 1.82) is 0 Å². The van der Waals surface area contributed by atoms with Gasteiger partial charge in [0.25, 0.3) is 5.91 Å². The zero-order chi connectivity index (χ0) is 19.6. The van der Waals surface area contributed by atoms with Gasteiger partial charge in [0.05, 0.1) is 6.54 Å². The lowest BCUT2D eigenvalue weighted by Crippen LogP contribution is -2.45. The van der Waals surface area contributed by atoms with Crippen LogP contribution in [-0.2, 0) is 11.3 Å². The summed E-state index contributed by atoms with van der Waals surface area (Å²) in [7, 11) is 0. The SMILES string of the molecule is CCNC(=O)c1cccc(CN=C(NCC)NC2CCN(C(=O)CC)C2)c1.I. The monoisotopic (exact) mass is 501 g/mol. The second-order valence-corrected chi connectivity index (χ2v) is 6.58. The lowest BCUT2D eigenvalue weighted by molar-refractivity contribution is -0.129. The third-order valence-electron chi connectivity index (χ3n) is 4.47. The van der Waals surface area contributed by atoms with Crippen molar-refractivity contribution in [2.24, 2.45) is 4.99 Å². The summed E-state index contributed by atoms with van der Waals surface area (Å²) >= 11 is 0. The Morgan fingerprint density at radius 1 is 1.18 bits per heavy atom. The van der Waals surface area contributed by atoms with E-state index >= 15 is 0 Å². The van der Waals surface area contributed by atoms with Crippen LogP contribution in [0.3, 0.4) is 0 Å². The number of nitrogens with one attached hydrogen (secondary N) is 3. The van der Waals surface area contributed by atoms with Gasteiger partial charge in [0.1, 0.15) is 0 Å². The van der Waals surface area contributed by atoms with Gasteiger partial charge < -0.3 is 20.9 Å². The minimum Gasteiger partial charge on any atom is -0.357 e. The molecule has 8 heteroatoms. The van der Waals surface area contributed by atoms with Crippen LogP contribution in [0.1, 0.15) is 49.5 Å². The summed E-state index contributed by atoms with van der Waals surface area (Å²) in [6, 6.07) is 7.72. The Hall–Kier alpha value is -1.84. The van der Waals surface area contributed by atoms with Crippen LogP contribution in [0, 0.1) is 0 Å². The maximum Gasteiger partial charge on any atom is 0.251 e. The smallest absolute Gasteiger partial charge is 0.251 e. The molecule has 1 aromatic carbocycles. The Morgan fingerprint density at radius 2 is 1.93 bits per heavy atom. The molecule has 1 fully saturated rings. The van der Waals surface area contributed by atoms with E-state index in [9.17, 15) is 9.59 Å². The van der Waals surface area contributed by atoms with Crippen molar-refractivity contribution < 1.29 is 9.59 Å². The molecule has 2 rings (SSSR count). The number of carbonyl (C=O) groups excluding carboxylic acids is 2. The van der Waals surface area contributed by atoms with E-state index in [0.29, 0.717) is 31.6 Å². The molecule has 3 N–H and O–H groups in total. The Bertz CT molecular complexity index is 680. The number of hydrogen-bond donors (Lipinski definition) is 3. The fourth-order valence-corrected chi connectivity index (χ4v) is 3.09. The molecule has 156 valence electrons. The fourth-order valence-electron chi connectivity index (χ4n) is 3.09. The highest BCUT2D eigenvalue weighted by atomic mass is 127. The number of hydrogen-bond acceptors (Lipinski definition) is 3. The van der Waals surface area contributed by atoms with Crippen molar-refractivity contribution in [2.45, 2.75) is 46.2 Å². The second-order valence-electron chi connectivity index (χ2n) is 6.58. The molecular formula is C20H32IN5O2. The Balaban J connectivity index is 0.00000392. The van der Waals surface area contributed by atoms with Gasteiger partial charge in [-0.1, -0.05) is 19.1 Å². The predicted octanol–water partition coefficient (Wildman–Crippen LogP) is 2.12. The van der Waals surface area contributed by atoms with Gasteiger partial charge in [0.2, 0.25) is 5.91 Å². The molecule has 0 saturated carbocycles. The molecule has 1 unspecified atom stereocenters. The molecule has 1 aromatic rings. The van der Waals surface area contributed by atoms with E-state index < -0.39 is 0 Å². The molecule has 1 aliphatic rings. The zero-order valence-electron chi connectivity index (χ0n) is 17.0. The molecule has 2 amide bonds. The number of rotatable bonds is 7. The molecule has 0 radical (unpaired) electrons. The quantitative estimate of drug-likeness (QED) is 0.304. The van der Waals surface area contributed by atoms with Crippen LogP contribution in [0.15, 0.2) is 29.3 Å². The van der Waals surface area contributed by atoms with Gasteiger partial charge in [0, 0.05) is 44.2 Å². The first-order valence-electron chi connectivity index (χ1n) is 9.77. The lowest BCUT2D eigenvalue weighted by Gasteiger charge is -2.18. The van der Waals surface area contributed by atoms with E-state index in [1.54, 1.807) is 6.07 Å². The van der Waals surface area contributed by atoms with Gasteiger partial charge >= 0.3 is 0 Å². The molecular weight excluding hydrogens is 469 g/mol. The molecule has 0 bridgehead atoms. The number of halogens is 1. The van der Waals surface area contributed by atoms with Crippen molar-refractivity contribution in [2.75, 3.05) is 26.2 Å². The van der Waals surface area contributed by atoms with Gasteiger partial charge in [-0.15, -0.1) is 24.0 Å². The topological polar surface area (TPSA) is 85.8 Å². The van der Waals surface area contributed by atoms with Crippen molar-refractivity contribution in [3.8, 4) is 0 Å². The first-order chi connectivity index (χ1) is 13.1. The van der Waals surface area contributed by atoms with Gasteiger partial charge in [-0.3, -0.25) is 9.59 Å². The maximum atomic E-state index is 12.0. The summed E-state index contributed by atoms with van der Waals surface area (Å²) in [6.45, 7) is 9.16. The normalized spacial score (nSPS) is 16.3. The van der Waals surface area contributed by atoms with Crippen molar-refractivity contribution in [3.05, 3.63) is 35.4 Å². The predicted molar refractivity (Wildman–Crippen MR) is 123 cm³/mol. The highest BCUT2D eigenvalue weighted by Gasteiger charge is 2.25. The Morgan fingerprint density at radius 3 is 2.61 bits per heavy atom. The summed E-state index contributed by atoms with van der Waals surface area (Å²) in [6.07, 6.45) is 1.46. The van der Waals surface area contributed by atoms with Crippen LogP contribution in [0.5, 0.6) is 0 Å². The third kappa shape index (κ3) is 7.29. The zero-order valence-corrected chi connectivity index (χ0v) is 19.3. The molecule has 1 saturated heterocycles. The maximum absolute atomic E-state index is 12.0. The van der Waals surface area contributed by atoms with Crippen molar-refractivity contribution >= 4 is 41.8 Å². The molecule has 0 aliphatic carbocycles. The number of amides is 2. The van der Waals surface area contributed by atoms with Crippen LogP contribution in [-0.4, -0.2) is 54.9 Å². The molecule has 7 nitrogen and oxygen atoms in total. The van der Waals surface area contributed by atoms with E-state index in [1.165, 1.54) is 0 Å². The number of aliphatic imine (C=N–C) groups is 1. The molecule has 0 spiro atoms. The first kappa shape index (κ1) is 24.2. The standard InChI is InChI=1S/C20H31N5O2.HI/c1-4-18(26)25-11-10-17(14-25)24-20(22-6-3)23-13-15-8-7-9-16(12-15)19(27)21-5-2;/h7-9,12,17H,4-6,10-11,13-14H2,1-3H3,(H,21,27)(H2,22,23,24);1H. The number of carbonyl (C=O) groups is 2. The van der Waals surface area contributed by atoms with E-state index in [1.807, 2.05) is 43.9 Å². The van der Waals surface area contributed by atoms with Crippen LogP contribution < -0.4 is 16.0 Å². The number of likely N-dealkylation sites (tertiary alicyclic amines) is 1. The minimum absolute atomic E-state index is 0. The van der Waals surface area contributed by atoms with Gasteiger partial charge in [-0.05, 0) is 38.0 Å². The molecule has 1 heterocycles. The molecule has 0 aromatic heterocycles. The summed E-state index contributed by atoms with van der Waals surface area (Å²) < 4.78 is 0. The number of nitrogens with zero attached hydrogens (tertiary/aromatic N) is 2. The summed E-state index contributed by atoms with van der Waals surface area (Å²) in [5, 5.41) is 9.48. The second kappa shape index (κ2) is 12.6. The minimum atomic E-state index is -0.0694. The van der Waals surface area contributed by atoms with Crippen LogP contribution >= 0.6 is 24.0 Å². The Kier molecular flexibility index (Phi) is 10.9. The van der Waals surface area contributed by atoms with E-state index in [2.05, 4.69) is 20.9 Å². The highest BCUT2D eigenvalue weighted by molar-refractivity contribution is 14.0. The average molecular weight is 501 g/mol. The largest absolute Gasteiger partial charge is 0.357 e. The number of guanidine groups is 1. The summed E-state index contributed by atoms with van der Waals surface area (Å²) in [5.41, 5.74) is 1.62. The average Bonchev–Trinajstić information content (AvgIpc) is 3.14. The number of benzene rings is 1. The van der Waals surface area contributed by atoms with Crippen LogP contribution in [0.2, 0.25) is 0 Å². The first-order valence-corrected chi connectivity index (χ1v) is 9.77. The van der Waals surface area contributed by atoms with Gasteiger partial charge in [-0.25, -0.2) is 4.99 Å².